The normalized spacial score (nSPS) is 10.6. The van der Waals surface area contributed by atoms with Crippen molar-refractivity contribution in [1.82, 2.24) is 20.0 Å². The van der Waals surface area contributed by atoms with Gasteiger partial charge in [-0.25, -0.2) is 0 Å². The molecule has 0 radical (unpaired) electrons. The molecule has 0 amide bonds. The number of rotatable bonds is 7. The van der Waals surface area contributed by atoms with Gasteiger partial charge in [-0.05, 0) is 24.5 Å². The third-order valence-corrected chi connectivity index (χ3v) is 3.49. The summed E-state index contributed by atoms with van der Waals surface area (Å²) in [7, 11) is 0. The highest BCUT2D eigenvalue weighted by Gasteiger charge is 2.16. The zero-order valence-electron chi connectivity index (χ0n) is 12.3. The van der Waals surface area contributed by atoms with Gasteiger partial charge in [0.25, 0.3) is 0 Å². The Bertz CT molecular complexity index is 608. The Balaban J connectivity index is 2.20. The second kappa shape index (κ2) is 7.12. The largest absolute Gasteiger partial charge is 0.389 e. The van der Waals surface area contributed by atoms with Gasteiger partial charge in [-0.15, -0.1) is 5.10 Å². The molecular formula is C14H20N6S. The first-order valence-electron chi connectivity index (χ1n) is 7.06. The van der Waals surface area contributed by atoms with Crippen molar-refractivity contribution in [2.24, 2.45) is 5.73 Å². The van der Waals surface area contributed by atoms with Gasteiger partial charge in [-0.3, -0.25) is 4.68 Å². The van der Waals surface area contributed by atoms with Gasteiger partial charge < -0.3 is 11.1 Å². The molecule has 2 aromatic rings. The highest BCUT2D eigenvalue weighted by atomic mass is 32.1. The Morgan fingerprint density at radius 1 is 1.33 bits per heavy atom. The van der Waals surface area contributed by atoms with E-state index in [0.29, 0.717) is 17.4 Å². The minimum atomic E-state index is 0.359. The van der Waals surface area contributed by atoms with E-state index < -0.39 is 0 Å². The van der Waals surface area contributed by atoms with Crippen molar-refractivity contribution in [3.8, 4) is 0 Å². The van der Waals surface area contributed by atoms with Crippen molar-refractivity contribution in [3.05, 3.63) is 35.3 Å². The molecule has 2 aromatic heterocycles. The lowest BCUT2D eigenvalue weighted by molar-refractivity contribution is 0.636. The van der Waals surface area contributed by atoms with E-state index in [0.717, 1.165) is 36.2 Å². The average Bonchev–Trinajstić information content (AvgIpc) is 2.99. The monoisotopic (exact) mass is 304 g/mol. The smallest absolute Gasteiger partial charge is 0.159 e. The van der Waals surface area contributed by atoms with E-state index in [1.807, 2.05) is 16.9 Å². The summed E-state index contributed by atoms with van der Waals surface area (Å²) < 4.78 is 1.85. The van der Waals surface area contributed by atoms with Crippen LogP contribution in [-0.2, 0) is 19.4 Å². The van der Waals surface area contributed by atoms with Crippen molar-refractivity contribution in [2.45, 2.75) is 33.2 Å². The molecule has 2 rings (SSSR count). The van der Waals surface area contributed by atoms with Crippen LogP contribution in [0.15, 0.2) is 18.5 Å². The van der Waals surface area contributed by atoms with Crippen LogP contribution >= 0.6 is 12.2 Å². The predicted octanol–water partition coefficient (Wildman–Crippen LogP) is 1.54. The first-order chi connectivity index (χ1) is 10.2. The van der Waals surface area contributed by atoms with Crippen molar-refractivity contribution >= 4 is 23.0 Å². The van der Waals surface area contributed by atoms with Crippen LogP contribution in [0.1, 0.15) is 30.7 Å². The van der Waals surface area contributed by atoms with Crippen LogP contribution in [0, 0.1) is 0 Å². The number of aryl methyl sites for hydroxylation is 1. The molecule has 0 aliphatic heterocycles. The molecule has 0 atom stereocenters. The van der Waals surface area contributed by atoms with E-state index >= 15 is 0 Å². The third kappa shape index (κ3) is 3.55. The maximum absolute atomic E-state index is 5.89. The van der Waals surface area contributed by atoms with Gasteiger partial charge in [0.15, 0.2) is 5.82 Å². The molecular weight excluding hydrogens is 284 g/mol. The summed E-state index contributed by atoms with van der Waals surface area (Å²) in [5.74, 6) is 0.656. The van der Waals surface area contributed by atoms with Gasteiger partial charge in [0.1, 0.15) is 4.99 Å². The van der Waals surface area contributed by atoms with Crippen molar-refractivity contribution in [3.63, 3.8) is 0 Å². The van der Waals surface area contributed by atoms with Crippen molar-refractivity contribution in [1.29, 1.82) is 0 Å². The minimum Gasteiger partial charge on any atom is -0.389 e. The molecule has 0 unspecified atom stereocenters. The molecule has 112 valence electrons. The highest BCUT2D eigenvalue weighted by molar-refractivity contribution is 7.80. The summed E-state index contributed by atoms with van der Waals surface area (Å²) in [6.07, 6.45) is 5.32. The van der Waals surface area contributed by atoms with Crippen LogP contribution in [0.25, 0.3) is 0 Å². The quantitative estimate of drug-likeness (QED) is 0.755. The molecule has 0 bridgehead atoms. The fourth-order valence-corrected chi connectivity index (χ4v) is 2.50. The topological polar surface area (TPSA) is 81.7 Å². The lowest BCUT2D eigenvalue weighted by Gasteiger charge is -2.15. The summed E-state index contributed by atoms with van der Waals surface area (Å²) >= 11 is 5.19. The number of aromatic nitrogens is 4. The third-order valence-electron chi connectivity index (χ3n) is 3.29. The molecule has 7 heteroatoms. The molecule has 0 saturated heterocycles. The Labute approximate surface area is 129 Å². The number of nitrogens with two attached hydrogens (primary N) is 1. The van der Waals surface area contributed by atoms with Crippen LogP contribution < -0.4 is 11.1 Å². The summed E-state index contributed by atoms with van der Waals surface area (Å²) in [4.78, 5) is 0.359. The van der Waals surface area contributed by atoms with Crippen molar-refractivity contribution in [2.75, 3.05) is 11.9 Å². The van der Waals surface area contributed by atoms with Crippen LogP contribution in [0.3, 0.4) is 0 Å². The SMILES string of the molecule is CCc1nnc(NCCn2cccn2)c(C(N)=S)c1CC. The molecule has 21 heavy (non-hydrogen) atoms. The first-order valence-corrected chi connectivity index (χ1v) is 7.47. The Morgan fingerprint density at radius 2 is 2.14 bits per heavy atom. The van der Waals surface area contributed by atoms with Gasteiger partial charge in [-0.2, -0.15) is 10.2 Å². The van der Waals surface area contributed by atoms with Crippen LogP contribution in [0.2, 0.25) is 0 Å². The van der Waals surface area contributed by atoms with Gasteiger partial charge in [0.05, 0.1) is 17.8 Å². The van der Waals surface area contributed by atoms with Gasteiger partial charge in [0.2, 0.25) is 0 Å². The van der Waals surface area contributed by atoms with Gasteiger partial charge >= 0.3 is 0 Å². The van der Waals surface area contributed by atoms with Crippen molar-refractivity contribution < 1.29 is 0 Å². The Hall–Kier alpha value is -2.02. The molecule has 0 aromatic carbocycles. The number of anilines is 1. The fraction of sp³-hybridized carbons (Fsp3) is 0.429. The maximum atomic E-state index is 5.89. The van der Waals surface area contributed by atoms with E-state index in [4.69, 9.17) is 18.0 Å². The highest BCUT2D eigenvalue weighted by Crippen LogP contribution is 2.20. The number of nitrogens with zero attached hydrogens (tertiary/aromatic N) is 4. The Morgan fingerprint density at radius 3 is 2.71 bits per heavy atom. The first kappa shape index (κ1) is 15.4. The summed E-state index contributed by atoms with van der Waals surface area (Å²) in [6.45, 7) is 5.55. The molecule has 0 aliphatic rings. The predicted molar refractivity (Wildman–Crippen MR) is 87.4 cm³/mol. The molecule has 0 saturated carbocycles. The fourth-order valence-electron chi connectivity index (χ4n) is 2.28. The lowest BCUT2D eigenvalue weighted by Crippen LogP contribution is -2.21. The minimum absolute atomic E-state index is 0.359. The van der Waals surface area contributed by atoms with Crippen LogP contribution in [0.4, 0.5) is 5.82 Å². The molecule has 0 fully saturated rings. The zero-order chi connectivity index (χ0) is 15.2. The molecule has 0 aliphatic carbocycles. The summed E-state index contributed by atoms with van der Waals surface area (Å²) in [5, 5.41) is 15.9. The van der Waals surface area contributed by atoms with E-state index in [2.05, 4.69) is 34.5 Å². The summed E-state index contributed by atoms with van der Waals surface area (Å²) in [6, 6.07) is 1.89. The second-order valence-corrected chi connectivity index (χ2v) is 5.06. The average molecular weight is 304 g/mol. The van der Waals surface area contributed by atoms with E-state index in [-0.39, 0.29) is 0 Å². The van der Waals surface area contributed by atoms with E-state index in [1.165, 1.54) is 0 Å². The van der Waals surface area contributed by atoms with Gasteiger partial charge in [-0.1, -0.05) is 26.1 Å². The second-order valence-electron chi connectivity index (χ2n) is 4.62. The maximum Gasteiger partial charge on any atom is 0.159 e. The molecule has 6 nitrogen and oxygen atoms in total. The number of nitrogens with one attached hydrogen (secondary N) is 1. The number of hydrogen-bond donors (Lipinski definition) is 2. The number of thiocarbonyl (C=S) groups is 1. The summed E-state index contributed by atoms with van der Waals surface area (Å²) in [5.41, 5.74) is 8.75. The zero-order valence-corrected chi connectivity index (χ0v) is 13.2. The van der Waals surface area contributed by atoms with Crippen LogP contribution in [-0.4, -0.2) is 31.5 Å². The van der Waals surface area contributed by atoms with E-state index in [1.54, 1.807) is 6.20 Å². The molecule has 2 heterocycles. The van der Waals surface area contributed by atoms with E-state index in [9.17, 15) is 0 Å². The Kier molecular flexibility index (Phi) is 5.21. The standard InChI is InChI=1S/C14H20N6S/c1-3-10-11(4-2)18-19-14(12(10)13(15)21)16-7-9-20-8-5-6-17-20/h5-6,8H,3-4,7,9H2,1-2H3,(H2,15,21)(H,16,19). The van der Waals surface area contributed by atoms with Crippen LogP contribution in [0.5, 0.6) is 0 Å². The van der Waals surface area contributed by atoms with Gasteiger partial charge in [0, 0.05) is 18.9 Å². The molecule has 0 spiro atoms. The number of hydrogen-bond acceptors (Lipinski definition) is 5. The lowest BCUT2D eigenvalue weighted by atomic mass is 10.0. The molecule has 3 N–H and O–H groups in total.